The molecule has 0 spiro atoms. The van der Waals surface area contributed by atoms with E-state index < -0.39 is 16.1 Å². The highest BCUT2D eigenvalue weighted by Gasteiger charge is 2.38. The Kier molecular flexibility index (Phi) is 5.67. The number of piperazine rings is 1. The normalized spacial score (nSPS) is 18.5. The molecule has 5 nitrogen and oxygen atoms in total. The van der Waals surface area contributed by atoms with E-state index in [9.17, 15) is 13.2 Å². The van der Waals surface area contributed by atoms with Crippen LogP contribution in [-0.2, 0) is 20.6 Å². The summed E-state index contributed by atoms with van der Waals surface area (Å²) in [6.07, 6.45) is 0. The lowest BCUT2D eigenvalue weighted by molar-refractivity contribution is -0.126. The van der Waals surface area contributed by atoms with Crippen molar-refractivity contribution in [2.24, 2.45) is 0 Å². The van der Waals surface area contributed by atoms with Crippen molar-refractivity contribution in [3.63, 3.8) is 0 Å². The van der Waals surface area contributed by atoms with E-state index in [1.807, 2.05) is 55.5 Å². The number of rotatable bonds is 5. The minimum absolute atomic E-state index is 0.104. The van der Waals surface area contributed by atoms with E-state index in [1.165, 1.54) is 4.31 Å². The van der Waals surface area contributed by atoms with Crippen molar-refractivity contribution in [3.8, 4) is 0 Å². The second-order valence-corrected chi connectivity index (χ2v) is 9.23. The van der Waals surface area contributed by atoms with Gasteiger partial charge in [-0.1, -0.05) is 62.4 Å². The maximum atomic E-state index is 13.2. The van der Waals surface area contributed by atoms with Crippen molar-refractivity contribution < 1.29 is 13.2 Å². The van der Waals surface area contributed by atoms with Gasteiger partial charge in [0.25, 0.3) is 0 Å². The molecule has 1 fully saturated rings. The third kappa shape index (κ3) is 4.22. The predicted octanol–water partition coefficient (Wildman–Crippen LogP) is 3.12. The van der Waals surface area contributed by atoms with E-state index in [1.54, 1.807) is 0 Å². The average molecular weight is 387 g/mol. The van der Waals surface area contributed by atoms with E-state index in [0.29, 0.717) is 18.0 Å². The van der Waals surface area contributed by atoms with Gasteiger partial charge in [-0.25, -0.2) is 8.42 Å². The first-order chi connectivity index (χ1) is 12.8. The van der Waals surface area contributed by atoms with E-state index in [4.69, 9.17) is 0 Å². The maximum absolute atomic E-state index is 13.2. The first-order valence-corrected chi connectivity index (χ1v) is 10.8. The quantitative estimate of drug-likeness (QED) is 0.859. The molecular formula is C21H26N2O3S. The summed E-state index contributed by atoms with van der Waals surface area (Å²) in [5, 5.41) is 2.80. The summed E-state index contributed by atoms with van der Waals surface area (Å²) in [6, 6.07) is 14.3. The van der Waals surface area contributed by atoms with Gasteiger partial charge in [0.2, 0.25) is 15.9 Å². The molecule has 27 heavy (non-hydrogen) atoms. The van der Waals surface area contributed by atoms with Gasteiger partial charge in [-0.15, -0.1) is 0 Å². The lowest BCUT2D eigenvalue weighted by atomic mass is 9.98. The Morgan fingerprint density at radius 3 is 2.41 bits per heavy atom. The second-order valence-electron chi connectivity index (χ2n) is 7.31. The molecule has 1 N–H and O–H groups in total. The Morgan fingerprint density at radius 1 is 1.11 bits per heavy atom. The molecule has 1 saturated heterocycles. The van der Waals surface area contributed by atoms with Gasteiger partial charge in [0, 0.05) is 13.1 Å². The zero-order valence-corrected chi connectivity index (χ0v) is 16.8. The van der Waals surface area contributed by atoms with Crippen molar-refractivity contribution in [3.05, 3.63) is 70.8 Å². The molecule has 0 saturated carbocycles. The summed E-state index contributed by atoms with van der Waals surface area (Å²) in [5.74, 6) is 0.0000911. The Hall–Kier alpha value is -2.18. The van der Waals surface area contributed by atoms with E-state index >= 15 is 0 Å². The van der Waals surface area contributed by atoms with Crippen LogP contribution in [0.3, 0.4) is 0 Å². The second kappa shape index (κ2) is 7.82. The molecule has 1 heterocycles. The van der Waals surface area contributed by atoms with Crippen molar-refractivity contribution in [1.82, 2.24) is 9.62 Å². The van der Waals surface area contributed by atoms with Gasteiger partial charge in [-0.3, -0.25) is 4.79 Å². The number of amides is 1. The van der Waals surface area contributed by atoms with Gasteiger partial charge in [0.1, 0.15) is 6.04 Å². The number of nitrogens with zero attached hydrogens (tertiary/aromatic N) is 1. The van der Waals surface area contributed by atoms with Crippen molar-refractivity contribution in [1.29, 1.82) is 0 Å². The number of hydrogen-bond donors (Lipinski definition) is 1. The molecule has 1 atom stereocenters. The fourth-order valence-corrected chi connectivity index (χ4v) is 5.17. The lowest BCUT2D eigenvalue weighted by Gasteiger charge is -2.34. The van der Waals surface area contributed by atoms with Crippen LogP contribution in [0, 0.1) is 6.92 Å². The highest BCUT2D eigenvalue weighted by atomic mass is 32.2. The van der Waals surface area contributed by atoms with Crippen molar-refractivity contribution in [2.45, 2.75) is 38.5 Å². The molecule has 2 aromatic carbocycles. The van der Waals surface area contributed by atoms with Crippen LogP contribution in [0.4, 0.5) is 0 Å². The average Bonchev–Trinajstić information content (AvgIpc) is 2.63. The van der Waals surface area contributed by atoms with Crippen LogP contribution in [0.15, 0.2) is 48.5 Å². The van der Waals surface area contributed by atoms with Gasteiger partial charge >= 0.3 is 0 Å². The molecule has 0 aromatic heterocycles. The van der Waals surface area contributed by atoms with E-state index in [2.05, 4.69) is 19.2 Å². The molecular weight excluding hydrogens is 360 g/mol. The Bertz CT molecular complexity index is 921. The fraction of sp³-hybridized carbons (Fsp3) is 0.381. The number of sulfonamides is 1. The minimum Gasteiger partial charge on any atom is -0.353 e. The summed E-state index contributed by atoms with van der Waals surface area (Å²) < 4.78 is 27.7. The number of hydrogen-bond acceptors (Lipinski definition) is 3. The monoisotopic (exact) mass is 386 g/mol. The van der Waals surface area contributed by atoms with Crippen LogP contribution in [0.5, 0.6) is 0 Å². The smallest absolute Gasteiger partial charge is 0.243 e. The minimum atomic E-state index is -3.64. The van der Waals surface area contributed by atoms with Gasteiger partial charge in [0.15, 0.2) is 0 Å². The molecule has 1 aliphatic rings. The third-order valence-corrected chi connectivity index (χ3v) is 6.83. The van der Waals surface area contributed by atoms with Crippen molar-refractivity contribution in [2.75, 3.05) is 13.1 Å². The molecule has 0 radical (unpaired) electrons. The molecule has 3 rings (SSSR count). The van der Waals surface area contributed by atoms with Crippen LogP contribution >= 0.6 is 0 Å². The molecule has 6 heteroatoms. The lowest BCUT2D eigenvalue weighted by Crippen LogP contribution is -2.52. The number of aryl methyl sites for hydroxylation is 1. The summed E-state index contributed by atoms with van der Waals surface area (Å²) in [6.45, 7) is 6.70. The number of benzene rings is 2. The highest BCUT2D eigenvalue weighted by molar-refractivity contribution is 7.88. The molecule has 2 aromatic rings. The first-order valence-electron chi connectivity index (χ1n) is 9.21. The maximum Gasteiger partial charge on any atom is 0.243 e. The topological polar surface area (TPSA) is 66.5 Å². The SMILES string of the molecule is Cc1ccccc1CS(=O)(=O)N1CCNC(=O)C1c1ccc(C(C)C)cc1. The van der Waals surface area contributed by atoms with Crippen LogP contribution < -0.4 is 5.32 Å². The summed E-state index contributed by atoms with van der Waals surface area (Å²) >= 11 is 0. The molecule has 144 valence electrons. The molecule has 1 aliphatic heterocycles. The van der Waals surface area contributed by atoms with Gasteiger partial charge in [-0.2, -0.15) is 4.31 Å². The Balaban J connectivity index is 1.93. The molecule has 1 unspecified atom stereocenters. The van der Waals surface area contributed by atoms with E-state index in [-0.39, 0.29) is 18.2 Å². The van der Waals surface area contributed by atoms with Crippen LogP contribution in [0.25, 0.3) is 0 Å². The van der Waals surface area contributed by atoms with Crippen LogP contribution in [0.1, 0.15) is 48.1 Å². The first kappa shape index (κ1) is 19.6. The number of nitrogens with one attached hydrogen (secondary N) is 1. The molecule has 0 aliphatic carbocycles. The largest absolute Gasteiger partial charge is 0.353 e. The van der Waals surface area contributed by atoms with Crippen LogP contribution in [-0.4, -0.2) is 31.7 Å². The Labute approximate surface area is 161 Å². The molecule has 0 bridgehead atoms. The summed E-state index contributed by atoms with van der Waals surface area (Å²) in [7, 11) is -3.64. The zero-order chi connectivity index (χ0) is 19.6. The van der Waals surface area contributed by atoms with E-state index in [0.717, 1.165) is 16.7 Å². The van der Waals surface area contributed by atoms with Gasteiger partial charge < -0.3 is 5.32 Å². The van der Waals surface area contributed by atoms with Gasteiger partial charge in [-0.05, 0) is 35.1 Å². The predicted molar refractivity (Wildman–Crippen MR) is 107 cm³/mol. The fourth-order valence-electron chi connectivity index (χ4n) is 3.38. The van der Waals surface area contributed by atoms with Crippen molar-refractivity contribution >= 4 is 15.9 Å². The van der Waals surface area contributed by atoms with Gasteiger partial charge in [0.05, 0.1) is 5.75 Å². The standard InChI is InChI=1S/C21H26N2O3S/c1-15(2)17-8-10-18(11-9-17)20-21(24)22-12-13-23(20)27(25,26)14-19-7-5-4-6-16(19)3/h4-11,15,20H,12-14H2,1-3H3,(H,22,24). The molecule has 1 amide bonds. The summed E-state index contributed by atoms with van der Waals surface area (Å²) in [5.41, 5.74) is 3.55. The third-order valence-electron chi connectivity index (χ3n) is 5.04. The number of carbonyl (C=O) groups is 1. The summed E-state index contributed by atoms with van der Waals surface area (Å²) in [4.78, 5) is 12.6. The highest BCUT2D eigenvalue weighted by Crippen LogP contribution is 2.29. The Morgan fingerprint density at radius 2 is 1.78 bits per heavy atom. The zero-order valence-electron chi connectivity index (χ0n) is 16.0. The number of carbonyl (C=O) groups excluding carboxylic acids is 1. The van der Waals surface area contributed by atoms with Crippen LogP contribution in [0.2, 0.25) is 0 Å².